The highest BCUT2D eigenvalue weighted by Gasteiger charge is 2.51. The number of aromatic amines is 2. The van der Waals surface area contributed by atoms with Gasteiger partial charge in [0, 0.05) is 25.4 Å². The van der Waals surface area contributed by atoms with Crippen molar-refractivity contribution in [1.29, 1.82) is 0 Å². The molecular weight excluding hydrogens is 809 g/mol. The third-order valence-corrected chi connectivity index (χ3v) is 13.0. The van der Waals surface area contributed by atoms with Crippen LogP contribution in [0.4, 0.5) is 9.59 Å². The summed E-state index contributed by atoms with van der Waals surface area (Å²) >= 11 is 0. The molecule has 2 bridgehead atoms. The SMILES string of the molecule is COC(=O)N[C@@H](Cc1ccccc1)C(=O)N1[C@H]2CC[C@@H](C2)[C@@H]1c1ncc(-c2ccc(-c3ccc(-c4cnc([C@@H]5CCCN5C(=O)[C@@H](Cc5ccccc5)NC(=O)OC)[nH]4)cc3)cc2)[nH]1. The normalized spacial score (nSPS) is 19.8. The lowest BCUT2D eigenvalue weighted by Crippen LogP contribution is -2.52. The van der Waals surface area contributed by atoms with Crippen molar-refractivity contribution in [3.8, 4) is 33.6 Å². The van der Waals surface area contributed by atoms with Crippen molar-refractivity contribution in [2.45, 2.75) is 75.2 Å². The monoisotopic (exact) mass is 860 g/mol. The lowest BCUT2D eigenvalue weighted by molar-refractivity contribution is -0.138. The summed E-state index contributed by atoms with van der Waals surface area (Å²) in [7, 11) is 2.60. The number of H-pyrrole nitrogens is 2. The molecule has 14 heteroatoms. The van der Waals surface area contributed by atoms with Crippen molar-refractivity contribution in [2.75, 3.05) is 20.8 Å². The van der Waals surface area contributed by atoms with Crippen molar-refractivity contribution >= 4 is 24.0 Å². The second kappa shape index (κ2) is 18.6. The van der Waals surface area contributed by atoms with E-state index in [0.717, 1.165) is 82.7 Å². The van der Waals surface area contributed by atoms with Crippen molar-refractivity contribution < 1.29 is 28.7 Å². The van der Waals surface area contributed by atoms with Crippen LogP contribution in [0.3, 0.4) is 0 Å². The molecule has 4 aromatic carbocycles. The average Bonchev–Trinajstić information content (AvgIpc) is 4.21. The van der Waals surface area contributed by atoms with Crippen LogP contribution in [0.2, 0.25) is 0 Å². The number of amides is 4. The second-order valence-electron chi connectivity index (χ2n) is 16.9. The number of methoxy groups -OCH3 is 2. The molecule has 3 aliphatic rings. The van der Waals surface area contributed by atoms with Gasteiger partial charge in [0.1, 0.15) is 23.7 Å². The highest BCUT2D eigenvalue weighted by atomic mass is 16.5. The van der Waals surface area contributed by atoms with Crippen molar-refractivity contribution in [2.24, 2.45) is 5.92 Å². The molecule has 1 saturated carbocycles. The van der Waals surface area contributed by atoms with Crippen molar-refractivity contribution in [3.05, 3.63) is 144 Å². The summed E-state index contributed by atoms with van der Waals surface area (Å²) < 4.78 is 9.76. The number of aromatic nitrogens is 4. The summed E-state index contributed by atoms with van der Waals surface area (Å²) in [6.45, 7) is 0.567. The molecule has 0 spiro atoms. The number of nitrogens with zero attached hydrogens (tertiary/aromatic N) is 4. The number of carbonyl (C=O) groups excluding carboxylic acids is 4. The molecular formula is C50H52N8O6. The van der Waals surface area contributed by atoms with Crippen LogP contribution in [0.15, 0.2) is 122 Å². The first-order valence-electron chi connectivity index (χ1n) is 22.0. The Kier molecular flexibility index (Phi) is 12.3. The highest BCUT2D eigenvalue weighted by Crippen LogP contribution is 2.50. The molecule has 4 N–H and O–H groups in total. The number of hydrogen-bond donors (Lipinski definition) is 4. The van der Waals surface area contributed by atoms with Crippen LogP contribution < -0.4 is 10.6 Å². The number of carbonyl (C=O) groups is 4. The van der Waals surface area contributed by atoms with E-state index in [1.165, 1.54) is 14.2 Å². The van der Waals surface area contributed by atoms with E-state index in [1.807, 2.05) is 76.7 Å². The van der Waals surface area contributed by atoms with Crippen LogP contribution in [0.25, 0.3) is 33.6 Å². The van der Waals surface area contributed by atoms with E-state index in [2.05, 4.69) is 69.1 Å². The fourth-order valence-electron chi connectivity index (χ4n) is 9.83. The molecule has 4 amide bonds. The number of hydrogen-bond acceptors (Lipinski definition) is 8. The Labute approximate surface area is 371 Å². The van der Waals surface area contributed by atoms with Gasteiger partial charge in [0.05, 0.1) is 50.1 Å². The molecule has 4 heterocycles. The predicted octanol–water partition coefficient (Wildman–Crippen LogP) is 7.78. The quantitative estimate of drug-likeness (QED) is 0.0911. The van der Waals surface area contributed by atoms with Gasteiger partial charge in [-0.2, -0.15) is 0 Å². The summed E-state index contributed by atoms with van der Waals surface area (Å²) in [5.41, 5.74) is 7.66. The molecule has 6 aromatic rings. The fraction of sp³-hybridized carbons (Fsp3) is 0.320. The van der Waals surface area contributed by atoms with E-state index in [1.54, 1.807) is 6.20 Å². The van der Waals surface area contributed by atoms with E-state index in [-0.39, 0.29) is 35.9 Å². The van der Waals surface area contributed by atoms with Gasteiger partial charge >= 0.3 is 12.2 Å². The van der Waals surface area contributed by atoms with Crippen LogP contribution in [0, 0.1) is 5.92 Å². The number of imidazole rings is 2. The third kappa shape index (κ3) is 8.85. The number of rotatable bonds is 13. The van der Waals surface area contributed by atoms with Crippen molar-refractivity contribution in [1.82, 2.24) is 40.4 Å². The van der Waals surface area contributed by atoms with Crippen LogP contribution in [0.5, 0.6) is 0 Å². The van der Waals surface area contributed by atoms with E-state index in [0.29, 0.717) is 25.2 Å². The molecule has 2 aliphatic heterocycles. The van der Waals surface area contributed by atoms with E-state index in [9.17, 15) is 19.2 Å². The summed E-state index contributed by atoms with van der Waals surface area (Å²) in [4.78, 5) is 73.2. The maximum absolute atomic E-state index is 14.3. The Bertz CT molecular complexity index is 2580. The van der Waals surface area contributed by atoms with Gasteiger partial charge in [-0.3, -0.25) is 9.59 Å². The van der Waals surface area contributed by atoms with Crippen LogP contribution in [0.1, 0.15) is 67.0 Å². The summed E-state index contributed by atoms with van der Waals surface area (Å²) in [5, 5.41) is 5.55. The zero-order valence-corrected chi connectivity index (χ0v) is 35.9. The van der Waals surface area contributed by atoms with Gasteiger partial charge in [-0.25, -0.2) is 19.6 Å². The first-order chi connectivity index (χ1) is 31.3. The van der Waals surface area contributed by atoms with Crippen molar-refractivity contribution in [3.63, 3.8) is 0 Å². The smallest absolute Gasteiger partial charge is 0.407 e. The number of fused-ring (bicyclic) bond motifs is 2. The van der Waals surface area contributed by atoms with E-state index >= 15 is 0 Å². The van der Waals surface area contributed by atoms with Gasteiger partial charge in [-0.15, -0.1) is 0 Å². The van der Waals surface area contributed by atoms with Crippen LogP contribution in [-0.2, 0) is 31.9 Å². The maximum Gasteiger partial charge on any atom is 0.407 e. The molecule has 1 aliphatic carbocycles. The Morgan fingerprint density at radius 2 is 1.14 bits per heavy atom. The van der Waals surface area contributed by atoms with Gasteiger partial charge in [-0.05, 0) is 71.4 Å². The van der Waals surface area contributed by atoms with Gasteiger partial charge in [0.2, 0.25) is 11.8 Å². The van der Waals surface area contributed by atoms with Crippen LogP contribution >= 0.6 is 0 Å². The minimum Gasteiger partial charge on any atom is -0.453 e. The molecule has 2 saturated heterocycles. The average molecular weight is 861 g/mol. The zero-order chi connectivity index (χ0) is 44.2. The zero-order valence-electron chi connectivity index (χ0n) is 35.9. The van der Waals surface area contributed by atoms with Gasteiger partial charge in [0.15, 0.2) is 0 Å². The molecule has 6 atom stereocenters. The topological polar surface area (TPSA) is 175 Å². The van der Waals surface area contributed by atoms with E-state index < -0.39 is 24.3 Å². The number of ether oxygens (including phenoxy) is 2. The minimum atomic E-state index is -0.776. The highest BCUT2D eigenvalue weighted by molar-refractivity contribution is 5.87. The number of likely N-dealkylation sites (tertiary alicyclic amines) is 2. The molecule has 2 aromatic heterocycles. The lowest BCUT2D eigenvalue weighted by Gasteiger charge is -2.36. The molecule has 328 valence electrons. The first kappa shape index (κ1) is 42.1. The number of benzene rings is 4. The Hall–Kier alpha value is -7.22. The number of piperidine rings is 1. The minimum absolute atomic E-state index is 0.0877. The summed E-state index contributed by atoms with van der Waals surface area (Å²) in [6, 6.07) is 34.0. The Morgan fingerprint density at radius 3 is 1.69 bits per heavy atom. The van der Waals surface area contributed by atoms with E-state index in [4.69, 9.17) is 19.4 Å². The summed E-state index contributed by atoms with van der Waals surface area (Å²) in [5.74, 6) is 1.45. The third-order valence-electron chi connectivity index (χ3n) is 13.0. The first-order valence-corrected chi connectivity index (χ1v) is 22.0. The molecule has 0 unspecified atom stereocenters. The number of alkyl carbamates (subject to hydrolysis) is 2. The molecule has 3 fully saturated rings. The summed E-state index contributed by atoms with van der Waals surface area (Å²) in [6.07, 6.45) is 7.51. The Balaban J connectivity index is 0.863. The Morgan fingerprint density at radius 1 is 0.641 bits per heavy atom. The standard InChI is InChI=1S/C50H52N8O6/c1-63-49(61)55-39(26-31-10-5-3-6-11-31)47(59)57-25-9-14-43(57)45-51-29-41(53-45)35-19-15-33(16-20-35)34-17-21-36(22-18-34)42-30-52-46(54-42)44-37-23-24-38(28-37)58(44)48(60)40(56-50(62)64-2)27-32-12-7-4-8-13-32/h3-8,10-13,15-22,29-30,37-40,43-44H,9,14,23-28H2,1-2H3,(H,51,53)(H,52,54)(H,55,61)(H,56,62)/t37-,38-,39+,40-,43-,44+/m0/s1. The largest absolute Gasteiger partial charge is 0.453 e. The number of nitrogens with one attached hydrogen (secondary N) is 4. The second-order valence-corrected chi connectivity index (χ2v) is 16.9. The van der Waals surface area contributed by atoms with Crippen LogP contribution in [-0.4, -0.2) is 92.6 Å². The molecule has 14 nitrogen and oxygen atoms in total. The lowest BCUT2D eigenvalue weighted by atomic mass is 9.96. The molecule has 0 radical (unpaired) electrons. The van der Waals surface area contributed by atoms with Gasteiger partial charge in [0.25, 0.3) is 0 Å². The predicted molar refractivity (Wildman–Crippen MR) is 240 cm³/mol. The fourth-order valence-corrected chi connectivity index (χ4v) is 9.83. The molecule has 9 rings (SSSR count). The van der Waals surface area contributed by atoms with Gasteiger partial charge < -0.3 is 39.9 Å². The molecule has 64 heavy (non-hydrogen) atoms. The maximum atomic E-state index is 14.3. The van der Waals surface area contributed by atoms with Gasteiger partial charge in [-0.1, -0.05) is 109 Å².